The molecule has 0 atom stereocenters. The average Bonchev–Trinajstić information content (AvgIpc) is 2.34. The molecule has 0 spiro atoms. The van der Waals surface area contributed by atoms with Gasteiger partial charge in [-0.05, 0) is 30.3 Å². The normalized spacial score (nSPS) is 11.2. The van der Waals surface area contributed by atoms with Crippen molar-refractivity contribution in [2.45, 2.75) is 20.4 Å². The number of nitrogens with zero attached hydrogens (tertiary/aromatic N) is 1. The van der Waals surface area contributed by atoms with Crippen LogP contribution < -0.4 is 0 Å². The molecule has 0 aliphatic rings. The van der Waals surface area contributed by atoms with Crippen molar-refractivity contribution in [3.8, 4) is 0 Å². The van der Waals surface area contributed by atoms with Gasteiger partial charge in [0.2, 0.25) is 0 Å². The maximum absolute atomic E-state index is 10.4. The number of rotatable bonds is 6. The molecule has 1 aromatic rings. The minimum Gasteiger partial charge on any atom is -0.478 e. The molecule has 1 aromatic carbocycles. The lowest BCUT2D eigenvalue weighted by atomic mass is 10.1. The second-order valence-electron chi connectivity index (χ2n) is 3.88. The first-order chi connectivity index (χ1) is 8.15. The molecule has 0 aliphatic heterocycles. The monoisotopic (exact) mass is 233 g/mol. The minimum atomic E-state index is -0.917. The zero-order valence-corrected chi connectivity index (χ0v) is 10.4. The van der Waals surface area contributed by atoms with E-state index >= 15 is 0 Å². The fourth-order valence-corrected chi connectivity index (χ4v) is 1.67. The first-order valence-corrected chi connectivity index (χ1v) is 5.88. The second kappa shape index (κ2) is 6.86. The summed E-state index contributed by atoms with van der Waals surface area (Å²) in [5, 5.41) is 8.57. The van der Waals surface area contributed by atoms with Gasteiger partial charge in [0.05, 0.1) is 0 Å². The molecule has 92 valence electrons. The second-order valence-corrected chi connectivity index (χ2v) is 3.88. The van der Waals surface area contributed by atoms with Crippen LogP contribution in [0.25, 0.3) is 6.08 Å². The molecule has 0 saturated carbocycles. The summed E-state index contributed by atoms with van der Waals surface area (Å²) in [6.45, 7) is 7.22. The highest BCUT2D eigenvalue weighted by Crippen LogP contribution is 2.09. The van der Waals surface area contributed by atoms with E-state index in [1.807, 2.05) is 18.2 Å². The third-order valence-electron chi connectivity index (χ3n) is 2.67. The Kier molecular flexibility index (Phi) is 5.43. The Labute approximate surface area is 102 Å². The van der Waals surface area contributed by atoms with Gasteiger partial charge >= 0.3 is 5.97 Å². The van der Waals surface area contributed by atoms with Crippen LogP contribution in [0.15, 0.2) is 30.3 Å². The maximum Gasteiger partial charge on any atom is 0.328 e. The largest absolute Gasteiger partial charge is 0.478 e. The number of carbonyl (C=O) groups is 1. The first kappa shape index (κ1) is 13.5. The molecule has 0 saturated heterocycles. The predicted octanol–water partition coefficient (Wildman–Crippen LogP) is 2.63. The van der Waals surface area contributed by atoms with Gasteiger partial charge in [-0.15, -0.1) is 0 Å². The highest BCUT2D eigenvalue weighted by Gasteiger charge is 2.01. The predicted molar refractivity (Wildman–Crippen MR) is 69.7 cm³/mol. The molecular formula is C14H19NO2. The quantitative estimate of drug-likeness (QED) is 0.768. The summed E-state index contributed by atoms with van der Waals surface area (Å²) in [5.74, 6) is -0.917. The SMILES string of the molecule is CCN(CC)Cc1cccc(C=CC(=O)O)c1. The van der Waals surface area contributed by atoms with Crippen LogP contribution >= 0.6 is 0 Å². The van der Waals surface area contributed by atoms with Crippen LogP contribution in [0.2, 0.25) is 0 Å². The summed E-state index contributed by atoms with van der Waals surface area (Å²) in [4.78, 5) is 12.8. The summed E-state index contributed by atoms with van der Waals surface area (Å²) >= 11 is 0. The molecule has 0 aromatic heterocycles. The Morgan fingerprint density at radius 2 is 2.06 bits per heavy atom. The van der Waals surface area contributed by atoms with Gasteiger partial charge in [-0.1, -0.05) is 38.1 Å². The Morgan fingerprint density at radius 1 is 1.35 bits per heavy atom. The van der Waals surface area contributed by atoms with Crippen LogP contribution in [0.1, 0.15) is 25.0 Å². The number of carboxylic acids is 1. The summed E-state index contributed by atoms with van der Waals surface area (Å²) in [6, 6.07) is 7.96. The lowest BCUT2D eigenvalue weighted by Gasteiger charge is -2.18. The molecule has 0 fully saturated rings. The zero-order valence-electron chi connectivity index (χ0n) is 10.4. The molecule has 17 heavy (non-hydrogen) atoms. The summed E-state index contributed by atoms with van der Waals surface area (Å²) in [6.07, 6.45) is 2.78. The van der Waals surface area contributed by atoms with E-state index in [0.717, 1.165) is 31.3 Å². The molecule has 0 bridgehead atoms. The third-order valence-corrected chi connectivity index (χ3v) is 2.67. The molecule has 3 nitrogen and oxygen atoms in total. The third kappa shape index (κ3) is 4.83. The van der Waals surface area contributed by atoms with E-state index in [0.29, 0.717) is 0 Å². The summed E-state index contributed by atoms with van der Waals surface area (Å²) in [7, 11) is 0. The Balaban J connectivity index is 2.75. The van der Waals surface area contributed by atoms with Crippen molar-refractivity contribution in [1.29, 1.82) is 0 Å². The Hall–Kier alpha value is -1.61. The molecule has 0 unspecified atom stereocenters. The van der Waals surface area contributed by atoms with E-state index < -0.39 is 5.97 Å². The van der Waals surface area contributed by atoms with E-state index in [1.165, 1.54) is 5.56 Å². The zero-order chi connectivity index (χ0) is 12.7. The number of carboxylic acid groups (broad SMARTS) is 1. The number of hydrogen-bond acceptors (Lipinski definition) is 2. The van der Waals surface area contributed by atoms with E-state index in [2.05, 4.69) is 24.8 Å². The molecule has 1 rings (SSSR count). The number of hydrogen-bond donors (Lipinski definition) is 1. The fourth-order valence-electron chi connectivity index (χ4n) is 1.67. The van der Waals surface area contributed by atoms with E-state index in [-0.39, 0.29) is 0 Å². The van der Waals surface area contributed by atoms with Crippen LogP contribution in [-0.2, 0) is 11.3 Å². The van der Waals surface area contributed by atoms with Crippen molar-refractivity contribution in [1.82, 2.24) is 4.90 Å². The van der Waals surface area contributed by atoms with Gasteiger partial charge in [-0.2, -0.15) is 0 Å². The van der Waals surface area contributed by atoms with Crippen LogP contribution in [0.4, 0.5) is 0 Å². The highest BCUT2D eigenvalue weighted by molar-refractivity contribution is 5.85. The highest BCUT2D eigenvalue weighted by atomic mass is 16.4. The van der Waals surface area contributed by atoms with Gasteiger partial charge in [-0.25, -0.2) is 4.79 Å². The van der Waals surface area contributed by atoms with Crippen LogP contribution in [-0.4, -0.2) is 29.1 Å². The van der Waals surface area contributed by atoms with Crippen LogP contribution in [0.5, 0.6) is 0 Å². The van der Waals surface area contributed by atoms with Crippen LogP contribution in [0.3, 0.4) is 0 Å². The van der Waals surface area contributed by atoms with Crippen molar-refractivity contribution >= 4 is 12.0 Å². The number of benzene rings is 1. The minimum absolute atomic E-state index is 0.905. The summed E-state index contributed by atoms with van der Waals surface area (Å²) in [5.41, 5.74) is 2.14. The first-order valence-electron chi connectivity index (χ1n) is 5.88. The van der Waals surface area contributed by atoms with E-state index in [4.69, 9.17) is 5.11 Å². The van der Waals surface area contributed by atoms with Gasteiger partial charge < -0.3 is 5.11 Å². The molecule has 0 aliphatic carbocycles. The van der Waals surface area contributed by atoms with Gasteiger partial charge in [0, 0.05) is 12.6 Å². The topological polar surface area (TPSA) is 40.5 Å². The van der Waals surface area contributed by atoms with Gasteiger partial charge in [0.1, 0.15) is 0 Å². The van der Waals surface area contributed by atoms with Crippen molar-refractivity contribution in [3.05, 3.63) is 41.5 Å². The lowest BCUT2D eigenvalue weighted by Crippen LogP contribution is -2.22. The van der Waals surface area contributed by atoms with Crippen molar-refractivity contribution in [3.63, 3.8) is 0 Å². The molecule has 0 heterocycles. The molecular weight excluding hydrogens is 214 g/mol. The van der Waals surface area contributed by atoms with Gasteiger partial charge in [0.15, 0.2) is 0 Å². The van der Waals surface area contributed by atoms with E-state index in [9.17, 15) is 4.79 Å². The average molecular weight is 233 g/mol. The van der Waals surface area contributed by atoms with Gasteiger partial charge in [-0.3, -0.25) is 4.90 Å². The Bertz CT molecular complexity index is 395. The van der Waals surface area contributed by atoms with Crippen molar-refractivity contribution in [2.75, 3.05) is 13.1 Å². The van der Waals surface area contributed by atoms with Crippen LogP contribution in [0, 0.1) is 0 Å². The Morgan fingerprint density at radius 3 is 2.65 bits per heavy atom. The number of aliphatic carboxylic acids is 1. The van der Waals surface area contributed by atoms with E-state index in [1.54, 1.807) is 6.08 Å². The summed E-state index contributed by atoms with van der Waals surface area (Å²) < 4.78 is 0. The van der Waals surface area contributed by atoms with Crippen molar-refractivity contribution < 1.29 is 9.90 Å². The molecule has 0 amide bonds. The van der Waals surface area contributed by atoms with Crippen molar-refractivity contribution in [2.24, 2.45) is 0 Å². The van der Waals surface area contributed by atoms with Gasteiger partial charge in [0.25, 0.3) is 0 Å². The molecule has 3 heteroatoms. The standard InChI is InChI=1S/C14H19NO2/c1-3-15(4-2)11-13-7-5-6-12(10-13)8-9-14(16)17/h5-10H,3-4,11H2,1-2H3,(H,16,17). The lowest BCUT2D eigenvalue weighted by molar-refractivity contribution is -0.131. The molecule has 0 radical (unpaired) electrons. The fraction of sp³-hybridized carbons (Fsp3) is 0.357. The smallest absolute Gasteiger partial charge is 0.328 e. The molecule has 1 N–H and O–H groups in total. The maximum atomic E-state index is 10.4.